The maximum atomic E-state index is 7.83. The largest absolute Gasteiger partial charge is 0.197 e. The van der Waals surface area contributed by atoms with E-state index in [-0.39, 0.29) is 36.9 Å². The smallest absolute Gasteiger partial charge is 0.197 e. The normalized spacial score (nSPS) is 1.00. The Kier molecular flexibility index (Phi) is 145. The van der Waals surface area contributed by atoms with Crippen LogP contribution in [0.5, 0.6) is 0 Å². The van der Waals surface area contributed by atoms with Gasteiger partial charge in [-0.1, -0.05) is 0 Å². The second-order valence-corrected chi connectivity index (χ2v) is 0. The van der Waals surface area contributed by atoms with Gasteiger partial charge in [0.15, 0.2) is 12.5 Å². The molecule has 0 bridgehead atoms. The van der Waals surface area contributed by atoms with Gasteiger partial charge in [0.25, 0.3) is 0 Å². The molecule has 0 atom stereocenters. The van der Waals surface area contributed by atoms with Crippen molar-refractivity contribution in [3.05, 3.63) is 0 Å². The van der Waals surface area contributed by atoms with E-state index in [1.165, 1.54) is 0 Å². The SMILES string of the molecule is O=S.[Fe].[Ga]. The fourth-order valence-corrected chi connectivity index (χ4v) is 0. The topological polar surface area (TPSA) is 17.1 Å². The third kappa shape index (κ3) is 10.9. The van der Waals surface area contributed by atoms with Crippen molar-refractivity contribution in [2.45, 2.75) is 0 Å². The minimum Gasteiger partial charge on any atom is -0.197 e. The van der Waals surface area contributed by atoms with Crippen LogP contribution in [-0.4, -0.2) is 24.0 Å². The van der Waals surface area contributed by atoms with E-state index in [2.05, 4.69) is 12.5 Å². The van der Waals surface area contributed by atoms with Crippen LogP contribution in [-0.2, 0) is 29.6 Å². The maximum absolute atomic E-state index is 7.83. The predicted octanol–water partition coefficient (Wildman–Crippen LogP) is -0.720. The summed E-state index contributed by atoms with van der Waals surface area (Å²) in [5.74, 6) is 0. The van der Waals surface area contributed by atoms with Gasteiger partial charge in [-0.15, -0.1) is 0 Å². The molecule has 0 saturated heterocycles. The van der Waals surface area contributed by atoms with Crippen molar-refractivity contribution >= 4 is 32.3 Å². The second-order valence-electron chi connectivity index (χ2n) is 0. The average molecular weight is 174 g/mol. The van der Waals surface area contributed by atoms with Crippen molar-refractivity contribution in [2.75, 3.05) is 0 Å². The van der Waals surface area contributed by atoms with Crippen molar-refractivity contribution < 1.29 is 21.3 Å². The quantitative estimate of drug-likeness (QED) is 0.450. The molecule has 0 aliphatic heterocycles. The Bertz CT molecular complexity index is 8.00. The monoisotopic (exact) mass is 173 g/mol. The molecule has 0 rings (SSSR count). The molecule has 0 spiro atoms. The van der Waals surface area contributed by atoms with Crippen LogP contribution < -0.4 is 0 Å². The van der Waals surface area contributed by atoms with Gasteiger partial charge in [0.1, 0.15) is 0 Å². The first-order valence-corrected chi connectivity index (χ1v) is 0.500. The van der Waals surface area contributed by atoms with Crippen molar-refractivity contribution in [1.29, 1.82) is 0 Å². The molecule has 0 aromatic carbocycles. The van der Waals surface area contributed by atoms with E-state index in [4.69, 9.17) is 4.21 Å². The van der Waals surface area contributed by atoms with Gasteiger partial charge < -0.3 is 0 Å². The minimum absolute atomic E-state index is 0. The van der Waals surface area contributed by atoms with E-state index in [1.54, 1.807) is 0 Å². The Morgan fingerprint density at radius 1 is 1.25 bits per heavy atom. The molecule has 1 nitrogen and oxygen atoms in total. The van der Waals surface area contributed by atoms with Crippen LogP contribution in [0.3, 0.4) is 0 Å². The van der Waals surface area contributed by atoms with Gasteiger partial charge in [-0.3, -0.25) is 0 Å². The zero-order valence-electron chi connectivity index (χ0n) is 1.75. The molecular weight excluding hydrogens is 174 g/mol. The molecule has 0 saturated carbocycles. The van der Waals surface area contributed by atoms with Gasteiger partial charge in [0, 0.05) is 36.9 Å². The van der Waals surface area contributed by atoms with Crippen LogP contribution in [0.2, 0.25) is 0 Å². The van der Waals surface area contributed by atoms with Crippen LogP contribution in [0, 0.1) is 0 Å². The van der Waals surface area contributed by atoms with Crippen LogP contribution in [0.1, 0.15) is 0 Å². The van der Waals surface area contributed by atoms with Gasteiger partial charge in [0.2, 0.25) is 0 Å². The summed E-state index contributed by atoms with van der Waals surface area (Å²) in [6.45, 7) is 0. The van der Waals surface area contributed by atoms with E-state index < -0.39 is 0 Å². The third-order valence-corrected chi connectivity index (χ3v) is 0. The zero-order valence-corrected chi connectivity index (χ0v) is 6.09. The van der Waals surface area contributed by atoms with Gasteiger partial charge >= 0.3 is 0 Å². The van der Waals surface area contributed by atoms with E-state index >= 15 is 0 Å². The van der Waals surface area contributed by atoms with Crippen molar-refractivity contribution in [2.24, 2.45) is 0 Å². The standard InChI is InChI=1S/Fe.Ga.OS/c;;1-2. The molecule has 0 amide bonds. The first kappa shape index (κ1) is 19.1. The molecule has 0 aromatic heterocycles. The molecule has 0 N–H and O–H groups in total. The maximum Gasteiger partial charge on any atom is 0.197 e. The van der Waals surface area contributed by atoms with Gasteiger partial charge in [-0.25, -0.2) is 0 Å². The van der Waals surface area contributed by atoms with E-state index in [0.717, 1.165) is 0 Å². The van der Waals surface area contributed by atoms with Gasteiger partial charge in [0.05, 0.1) is 0 Å². The second kappa shape index (κ2) is 30.5. The van der Waals surface area contributed by atoms with E-state index in [1.807, 2.05) is 0 Å². The summed E-state index contributed by atoms with van der Waals surface area (Å²) in [5.41, 5.74) is 0. The van der Waals surface area contributed by atoms with E-state index in [0.29, 0.717) is 0 Å². The van der Waals surface area contributed by atoms with Crippen LogP contribution in [0.4, 0.5) is 0 Å². The zero-order chi connectivity index (χ0) is 2.00. The Morgan fingerprint density at radius 3 is 1.25 bits per heavy atom. The molecule has 3 radical (unpaired) electrons. The van der Waals surface area contributed by atoms with Crippen molar-refractivity contribution in [1.82, 2.24) is 0 Å². The van der Waals surface area contributed by atoms with Crippen molar-refractivity contribution in [3.8, 4) is 0 Å². The number of hydrogen-bond acceptors (Lipinski definition) is 2. The summed E-state index contributed by atoms with van der Waals surface area (Å²) >= 11 is 2.83. The first-order valence-electron chi connectivity index (χ1n) is 0.167. The number of rotatable bonds is 0. The first-order chi connectivity index (χ1) is 1.00. The molecule has 0 fully saturated rings. The molecule has 0 heterocycles. The summed E-state index contributed by atoms with van der Waals surface area (Å²) < 4.78 is 7.83. The fourth-order valence-electron chi connectivity index (χ4n) is 0. The fraction of sp³-hybridized carbons (Fsp3) is 0. The van der Waals surface area contributed by atoms with Gasteiger partial charge in [-0.05, 0) is 0 Å². The molecule has 4 heteroatoms. The van der Waals surface area contributed by atoms with Gasteiger partial charge in [-0.2, -0.15) is 4.21 Å². The summed E-state index contributed by atoms with van der Waals surface area (Å²) in [7, 11) is 0. The molecular formula is FeGaOS. The molecule has 0 aliphatic rings. The molecule has 0 unspecified atom stereocenters. The third-order valence-electron chi connectivity index (χ3n) is 0. The van der Waals surface area contributed by atoms with Crippen molar-refractivity contribution in [3.63, 3.8) is 0 Å². The Morgan fingerprint density at radius 2 is 1.25 bits per heavy atom. The summed E-state index contributed by atoms with van der Waals surface area (Å²) in [5, 5.41) is 0. The molecule has 4 heavy (non-hydrogen) atoms. The Balaban J connectivity index is -0.00000000500. The predicted molar refractivity (Wildman–Crippen MR) is 13.9 cm³/mol. The summed E-state index contributed by atoms with van der Waals surface area (Å²) in [6.07, 6.45) is 0. The van der Waals surface area contributed by atoms with E-state index in [9.17, 15) is 0 Å². The van der Waals surface area contributed by atoms with Crippen LogP contribution >= 0.6 is 0 Å². The molecule has 0 aromatic rings. The summed E-state index contributed by atoms with van der Waals surface area (Å²) in [4.78, 5) is 0. The minimum atomic E-state index is 0. The molecule has 23 valence electrons. The average Bonchev–Trinajstić information content (AvgIpc) is 1.00. The molecule has 0 aliphatic carbocycles. The van der Waals surface area contributed by atoms with Crippen LogP contribution in [0.15, 0.2) is 0 Å². The summed E-state index contributed by atoms with van der Waals surface area (Å²) in [6, 6.07) is 0. The number of hydrogen-bond donors (Lipinski definition) is 0. The Labute approximate surface area is 53.6 Å². The van der Waals surface area contributed by atoms with Crippen LogP contribution in [0.25, 0.3) is 0 Å². The Hall–Kier alpha value is 1.18.